The molecule has 0 saturated carbocycles. The van der Waals surface area contributed by atoms with E-state index >= 15 is 0 Å². The summed E-state index contributed by atoms with van der Waals surface area (Å²) in [6.07, 6.45) is -7.26. The van der Waals surface area contributed by atoms with Crippen molar-refractivity contribution >= 4 is 54.1 Å². The molecule has 10 atom stereocenters. The summed E-state index contributed by atoms with van der Waals surface area (Å²) >= 11 is 5.04. The van der Waals surface area contributed by atoms with Gasteiger partial charge in [0.1, 0.15) is 59.9 Å². The molecule has 0 bridgehead atoms. The fourth-order valence-electron chi connectivity index (χ4n) is 5.39. The molecule has 2 saturated heterocycles. The number of hydrogen-bond acceptors (Lipinski definition) is 16. The van der Waals surface area contributed by atoms with E-state index in [2.05, 4.69) is 24.9 Å². The number of rotatable bonds is 10. The highest BCUT2D eigenvalue weighted by atomic mass is 32.5. The number of phosphoric acid groups is 1. The van der Waals surface area contributed by atoms with Crippen LogP contribution in [0.5, 0.6) is 0 Å². The molecule has 0 aliphatic carbocycles. The molecule has 6 heterocycles. The number of nitrogens with one attached hydrogen (secondary N) is 1. The molecule has 6 rings (SSSR count). The van der Waals surface area contributed by atoms with Crippen molar-refractivity contribution in [3.8, 4) is 0 Å². The Morgan fingerprint density at radius 2 is 1.74 bits per heavy atom. The number of aliphatic hydroxyl groups is 3. The molecule has 250 valence electrons. The number of nitrogens with two attached hydrogens (primary N) is 1. The van der Waals surface area contributed by atoms with Crippen LogP contribution in [0.3, 0.4) is 0 Å². The zero-order valence-corrected chi connectivity index (χ0v) is 26.6. The van der Waals surface area contributed by atoms with Gasteiger partial charge in [0.25, 0.3) is 5.56 Å². The van der Waals surface area contributed by atoms with Crippen LogP contribution in [0.15, 0.2) is 29.7 Å². The van der Waals surface area contributed by atoms with E-state index in [9.17, 15) is 34.5 Å². The lowest BCUT2D eigenvalue weighted by molar-refractivity contribution is -0.0607. The number of aromatic amines is 1. The van der Waals surface area contributed by atoms with E-state index in [4.69, 9.17) is 40.6 Å². The van der Waals surface area contributed by atoms with Crippen molar-refractivity contribution in [2.75, 3.05) is 25.6 Å². The van der Waals surface area contributed by atoms with Gasteiger partial charge < -0.3 is 54.4 Å². The normalized spacial score (nSPS) is 31.0. The van der Waals surface area contributed by atoms with Crippen LogP contribution in [0.25, 0.3) is 22.2 Å². The molecule has 2 fully saturated rings. The van der Waals surface area contributed by atoms with Crippen molar-refractivity contribution in [1.82, 2.24) is 34.1 Å². The lowest BCUT2D eigenvalue weighted by Gasteiger charge is -2.25. The van der Waals surface area contributed by atoms with E-state index in [-0.39, 0.29) is 28.0 Å². The predicted molar refractivity (Wildman–Crippen MR) is 160 cm³/mol. The predicted octanol–water partition coefficient (Wildman–Crippen LogP) is -1.22. The van der Waals surface area contributed by atoms with E-state index < -0.39 is 82.2 Å². The van der Waals surface area contributed by atoms with Crippen LogP contribution in [-0.4, -0.2) is 116 Å². The third-order valence-corrected chi connectivity index (χ3v) is 9.29. The molecule has 20 nitrogen and oxygen atoms in total. The minimum absolute atomic E-state index is 0.0515. The van der Waals surface area contributed by atoms with Crippen LogP contribution in [0.4, 0.5) is 5.82 Å². The van der Waals surface area contributed by atoms with E-state index in [0.717, 1.165) is 6.33 Å². The summed E-state index contributed by atoms with van der Waals surface area (Å²) in [6.45, 7) is -1.97. The van der Waals surface area contributed by atoms with Crippen LogP contribution in [0.2, 0.25) is 0 Å². The van der Waals surface area contributed by atoms with Crippen molar-refractivity contribution in [3.05, 3.63) is 41.1 Å². The largest absolute Gasteiger partial charge is 0.472 e. The van der Waals surface area contributed by atoms with E-state index in [1.165, 1.54) is 34.4 Å². The van der Waals surface area contributed by atoms with Crippen molar-refractivity contribution < 1.29 is 52.7 Å². The number of H-pyrrole nitrogens is 1. The maximum Gasteiger partial charge on any atom is 0.472 e. The van der Waals surface area contributed by atoms with Gasteiger partial charge in [-0.05, 0) is 24.8 Å². The number of nitrogen functional groups attached to an aromatic ring is 1. The van der Waals surface area contributed by atoms with Gasteiger partial charge in [0.15, 0.2) is 30.4 Å². The lowest BCUT2D eigenvalue weighted by atomic mass is 10.1. The Morgan fingerprint density at radius 1 is 1.07 bits per heavy atom. The van der Waals surface area contributed by atoms with Crippen molar-refractivity contribution in [2.24, 2.45) is 0 Å². The second kappa shape index (κ2) is 12.4. The van der Waals surface area contributed by atoms with Gasteiger partial charge in [-0.25, -0.2) is 24.5 Å². The standard InChI is InChI=1S/C23H30N8O12P2S/c1-9-28-19-10(21(35)29-9)3-4-30(19)22-16(42-44(2,36)46)15(34)12(41-22)6-39-45(37,38)43-17-14(33)11(5-32)40-23(17)31-8-27-13-18(24)25-7-26-20(13)31/h3-4,7-8,11-12,14-17,22-23,32-34H,5-6H2,1-2H3,(H,36,46)(H,37,38)(H2,24,25,26)(H,28,29,35)/t11-,12-,14+,15?,16+,17?,22-,23-,44?/m1/s1. The maximum absolute atomic E-state index is 13.2. The highest BCUT2D eigenvalue weighted by Gasteiger charge is 2.51. The molecule has 4 aromatic heterocycles. The van der Waals surface area contributed by atoms with Gasteiger partial charge >= 0.3 is 7.82 Å². The van der Waals surface area contributed by atoms with Gasteiger partial charge in [0, 0.05) is 12.9 Å². The van der Waals surface area contributed by atoms with Gasteiger partial charge in [0.05, 0.1) is 24.9 Å². The zero-order valence-electron chi connectivity index (χ0n) is 24.0. The zero-order chi connectivity index (χ0) is 33.1. The van der Waals surface area contributed by atoms with Crippen LogP contribution in [0, 0.1) is 6.92 Å². The van der Waals surface area contributed by atoms with Crippen molar-refractivity contribution in [1.29, 1.82) is 0 Å². The third-order valence-electron chi connectivity index (χ3n) is 7.42. The first-order chi connectivity index (χ1) is 21.7. The summed E-state index contributed by atoms with van der Waals surface area (Å²) in [4.78, 5) is 52.5. The molecule has 0 amide bonds. The molecule has 8 N–H and O–H groups in total. The molecule has 4 unspecified atom stereocenters. The first kappa shape index (κ1) is 33.2. The number of ether oxygens (including phenoxy) is 2. The summed E-state index contributed by atoms with van der Waals surface area (Å²) in [5.74, 6) is 0.351. The van der Waals surface area contributed by atoms with Crippen LogP contribution in [-0.2, 0) is 39.4 Å². The molecule has 2 aliphatic heterocycles. The molecule has 0 radical (unpaired) electrons. The Morgan fingerprint density at radius 3 is 2.46 bits per heavy atom. The third kappa shape index (κ3) is 6.27. The first-order valence-corrected chi connectivity index (χ1v) is 18.2. The molecule has 46 heavy (non-hydrogen) atoms. The number of fused-ring (bicyclic) bond motifs is 2. The Kier molecular flexibility index (Phi) is 8.91. The highest BCUT2D eigenvalue weighted by Crippen LogP contribution is 2.51. The monoisotopic (exact) mass is 704 g/mol. The maximum atomic E-state index is 13.2. The number of aromatic nitrogens is 7. The summed E-state index contributed by atoms with van der Waals surface area (Å²) in [5, 5.41) is 31.9. The minimum Gasteiger partial charge on any atom is -0.394 e. The number of hydrogen-bond donors (Lipinski definition) is 7. The molecule has 23 heteroatoms. The fraction of sp³-hybridized carbons (Fsp3) is 0.522. The number of aryl methyl sites for hydroxylation is 1. The summed E-state index contributed by atoms with van der Waals surface area (Å²) in [7, 11) is -5.07. The van der Waals surface area contributed by atoms with Gasteiger partial charge in [-0.1, -0.05) is 0 Å². The number of aliphatic hydroxyl groups excluding tert-OH is 3. The smallest absolute Gasteiger partial charge is 0.394 e. The Balaban J connectivity index is 1.23. The molecule has 0 spiro atoms. The summed E-state index contributed by atoms with van der Waals surface area (Å²) in [5.41, 5.74) is 5.97. The molecule has 0 aromatic carbocycles. The average Bonchev–Trinajstić information content (AvgIpc) is 3.73. The highest BCUT2D eigenvalue weighted by molar-refractivity contribution is 8.09. The minimum atomic E-state index is -5.07. The van der Waals surface area contributed by atoms with Crippen LogP contribution < -0.4 is 11.3 Å². The number of phosphoric ester groups is 1. The lowest BCUT2D eigenvalue weighted by Crippen LogP contribution is -2.36. The Hall–Kier alpha value is -2.75. The number of imidazole rings is 1. The Bertz CT molecular complexity index is 1920. The van der Waals surface area contributed by atoms with Gasteiger partial charge in [-0.15, -0.1) is 0 Å². The summed E-state index contributed by atoms with van der Waals surface area (Å²) < 4.78 is 43.7. The van der Waals surface area contributed by atoms with Crippen molar-refractivity contribution in [2.45, 2.75) is 56.0 Å². The van der Waals surface area contributed by atoms with E-state index in [1.807, 2.05) is 0 Å². The second-order valence-corrected chi connectivity index (χ2v) is 16.0. The van der Waals surface area contributed by atoms with Gasteiger partial charge in [0.2, 0.25) is 0 Å². The topological polar surface area (TPSA) is 285 Å². The molecular formula is C23H30N8O12P2S. The number of nitrogens with zero attached hydrogens (tertiary/aromatic N) is 6. The number of anilines is 1. The van der Waals surface area contributed by atoms with Crippen LogP contribution in [0.1, 0.15) is 18.3 Å². The molecule has 2 aliphatic rings. The molecular weight excluding hydrogens is 674 g/mol. The van der Waals surface area contributed by atoms with Gasteiger partial charge in [-0.2, -0.15) is 0 Å². The van der Waals surface area contributed by atoms with Crippen molar-refractivity contribution in [3.63, 3.8) is 0 Å². The van der Waals surface area contributed by atoms with E-state index in [0.29, 0.717) is 5.82 Å². The molecule has 4 aromatic rings. The first-order valence-electron chi connectivity index (χ1n) is 13.6. The van der Waals surface area contributed by atoms with Gasteiger partial charge in [-0.3, -0.25) is 18.4 Å². The Labute approximate surface area is 263 Å². The average molecular weight is 705 g/mol. The SMILES string of the molecule is Cc1nc2c(ccn2[C@@H]2O[C@H](COP(=O)(O)OC3[C@@H](O)[C@@H](CO)O[C@H]3n3cnc4c(N)ncnc43)C(O)[C@@H]2OP(C)(O)=S)c(=O)[nH]1. The quantitative estimate of drug-likeness (QED) is 0.0953. The summed E-state index contributed by atoms with van der Waals surface area (Å²) in [6, 6.07) is 1.48. The second-order valence-electron chi connectivity index (χ2n) is 10.7. The van der Waals surface area contributed by atoms with E-state index in [1.54, 1.807) is 6.92 Å². The van der Waals surface area contributed by atoms with Crippen LogP contribution >= 0.6 is 14.3 Å². The fourth-order valence-corrected chi connectivity index (χ4v) is 7.30.